The zero-order valence-corrected chi connectivity index (χ0v) is 16.7. The molecule has 7 heteroatoms. The van der Waals surface area contributed by atoms with Crippen molar-refractivity contribution < 1.29 is 28.9 Å². The number of likely N-dealkylation sites (N-methyl/N-ethyl adjacent to an activating group) is 1. The molecule has 1 saturated carbocycles. The van der Waals surface area contributed by atoms with Crippen LogP contribution in [0.2, 0.25) is 0 Å². The van der Waals surface area contributed by atoms with E-state index >= 15 is 0 Å². The third kappa shape index (κ3) is 2.20. The highest BCUT2D eigenvalue weighted by Gasteiger charge is 2.72. The van der Waals surface area contributed by atoms with E-state index in [9.17, 15) is 14.7 Å². The van der Waals surface area contributed by atoms with Crippen molar-refractivity contribution in [3.63, 3.8) is 0 Å². The van der Waals surface area contributed by atoms with E-state index in [4.69, 9.17) is 9.47 Å². The SMILES string of the molecule is C=C(COc1ccc2c3c1O[C@H]1C(=O)CC[C@@]4(O)[C@@H](C2)N(C)CC[C@]314)C(=O)OC. The summed E-state index contributed by atoms with van der Waals surface area (Å²) in [6, 6.07) is 3.77. The summed E-state index contributed by atoms with van der Waals surface area (Å²) in [6.45, 7) is 4.44. The Balaban J connectivity index is 1.61. The number of carbonyl (C=O) groups is 2. The average molecular weight is 399 g/mol. The molecule has 0 unspecified atom stereocenters. The first-order valence-corrected chi connectivity index (χ1v) is 10.0. The molecule has 1 aromatic rings. The fourth-order valence-electron chi connectivity index (χ4n) is 6.01. The van der Waals surface area contributed by atoms with Crippen LogP contribution in [0.15, 0.2) is 24.3 Å². The second-order valence-corrected chi connectivity index (χ2v) is 8.62. The summed E-state index contributed by atoms with van der Waals surface area (Å²) in [7, 11) is 3.33. The number of rotatable bonds is 4. The Kier molecular flexibility index (Phi) is 3.89. The van der Waals surface area contributed by atoms with Crippen molar-refractivity contribution in [3.8, 4) is 11.5 Å². The summed E-state index contributed by atoms with van der Waals surface area (Å²) in [5, 5.41) is 11.9. The van der Waals surface area contributed by atoms with E-state index < -0.39 is 23.1 Å². The van der Waals surface area contributed by atoms with Crippen molar-refractivity contribution in [1.29, 1.82) is 0 Å². The minimum Gasteiger partial charge on any atom is -0.485 e. The van der Waals surface area contributed by atoms with Crippen LogP contribution in [0.5, 0.6) is 11.5 Å². The van der Waals surface area contributed by atoms with Gasteiger partial charge < -0.3 is 24.2 Å². The number of esters is 1. The number of piperidine rings is 1. The molecule has 29 heavy (non-hydrogen) atoms. The Morgan fingerprint density at radius 2 is 2.21 bits per heavy atom. The number of hydrogen-bond acceptors (Lipinski definition) is 7. The van der Waals surface area contributed by atoms with Gasteiger partial charge in [-0.2, -0.15) is 0 Å². The predicted molar refractivity (Wildman–Crippen MR) is 103 cm³/mol. The molecule has 1 N–H and O–H groups in total. The van der Waals surface area contributed by atoms with Gasteiger partial charge in [0.1, 0.15) is 6.61 Å². The number of hydrogen-bond donors (Lipinski definition) is 1. The van der Waals surface area contributed by atoms with Gasteiger partial charge in [-0.05, 0) is 44.5 Å². The summed E-state index contributed by atoms with van der Waals surface area (Å²) in [6.07, 6.45) is 1.43. The van der Waals surface area contributed by atoms with Crippen LogP contribution in [0.1, 0.15) is 30.4 Å². The topological polar surface area (TPSA) is 85.3 Å². The zero-order chi connectivity index (χ0) is 20.6. The number of aliphatic hydroxyl groups is 1. The molecule has 5 rings (SSSR count). The summed E-state index contributed by atoms with van der Waals surface area (Å²) in [4.78, 5) is 26.7. The number of methoxy groups -OCH3 is 1. The number of likely N-dealkylation sites (tertiary alicyclic amines) is 1. The van der Waals surface area contributed by atoms with Crippen LogP contribution in [0.3, 0.4) is 0 Å². The van der Waals surface area contributed by atoms with Crippen LogP contribution in [0.25, 0.3) is 0 Å². The van der Waals surface area contributed by atoms with Crippen LogP contribution in [-0.4, -0.2) is 66.8 Å². The molecule has 2 heterocycles. The van der Waals surface area contributed by atoms with Crippen molar-refractivity contribution in [2.75, 3.05) is 27.3 Å². The molecule has 4 atom stereocenters. The number of ketones is 1. The molecule has 2 fully saturated rings. The molecule has 2 aliphatic carbocycles. The van der Waals surface area contributed by atoms with E-state index in [-0.39, 0.29) is 24.0 Å². The van der Waals surface area contributed by atoms with Gasteiger partial charge in [-0.25, -0.2) is 4.79 Å². The first-order chi connectivity index (χ1) is 13.8. The third-order valence-corrected chi connectivity index (χ3v) is 7.39. The molecular weight excluding hydrogens is 374 g/mol. The van der Waals surface area contributed by atoms with E-state index in [1.165, 1.54) is 7.11 Å². The Morgan fingerprint density at radius 1 is 1.41 bits per heavy atom. The molecule has 7 nitrogen and oxygen atoms in total. The number of Topliss-reactive ketones (excluding diaryl/α,β-unsaturated/α-hetero) is 1. The lowest BCUT2D eigenvalue weighted by atomic mass is 9.49. The van der Waals surface area contributed by atoms with Crippen LogP contribution in [-0.2, 0) is 26.2 Å². The smallest absolute Gasteiger partial charge is 0.336 e. The van der Waals surface area contributed by atoms with Gasteiger partial charge in [-0.15, -0.1) is 0 Å². The van der Waals surface area contributed by atoms with Crippen LogP contribution in [0.4, 0.5) is 0 Å². The fraction of sp³-hybridized carbons (Fsp3) is 0.545. The van der Waals surface area contributed by atoms with Gasteiger partial charge in [0.15, 0.2) is 23.4 Å². The summed E-state index contributed by atoms with van der Waals surface area (Å²) in [5.41, 5.74) is 0.464. The van der Waals surface area contributed by atoms with Crippen LogP contribution < -0.4 is 9.47 Å². The molecule has 0 radical (unpaired) electrons. The van der Waals surface area contributed by atoms with E-state index in [2.05, 4.69) is 16.2 Å². The standard InChI is InChI=1S/C22H25NO6/c1-12(20(25)27-3)11-28-15-5-4-13-10-16-22(26)7-6-14(24)19-21(22,8-9-23(16)2)17(13)18(15)29-19/h4-5,16,19,26H,1,6-11H2,2-3H3/t16-,19+,21+,22-/m1/s1. The molecule has 1 spiro atoms. The van der Waals surface area contributed by atoms with Crippen molar-refractivity contribution in [3.05, 3.63) is 35.4 Å². The number of carbonyl (C=O) groups excluding carboxylic acids is 2. The maximum atomic E-state index is 12.9. The summed E-state index contributed by atoms with van der Waals surface area (Å²) in [5.74, 6) is 0.495. The highest BCUT2D eigenvalue weighted by atomic mass is 16.5. The van der Waals surface area contributed by atoms with Gasteiger partial charge in [-0.1, -0.05) is 12.6 Å². The first kappa shape index (κ1) is 18.6. The van der Waals surface area contributed by atoms with Gasteiger partial charge in [-0.3, -0.25) is 4.79 Å². The lowest BCUT2D eigenvalue weighted by Gasteiger charge is -2.62. The van der Waals surface area contributed by atoms with Gasteiger partial charge in [0.05, 0.1) is 23.7 Å². The molecule has 1 saturated heterocycles. The molecule has 1 aromatic carbocycles. The quantitative estimate of drug-likeness (QED) is 0.600. The summed E-state index contributed by atoms with van der Waals surface area (Å²) >= 11 is 0. The lowest BCUT2D eigenvalue weighted by molar-refractivity contribution is -0.185. The monoisotopic (exact) mass is 399 g/mol. The molecular formula is C22H25NO6. The van der Waals surface area contributed by atoms with Crippen molar-refractivity contribution in [2.45, 2.75) is 48.8 Å². The lowest BCUT2D eigenvalue weighted by Crippen LogP contribution is -2.76. The molecule has 4 aliphatic rings. The van der Waals surface area contributed by atoms with E-state index in [0.29, 0.717) is 37.2 Å². The normalized spacial score (nSPS) is 34.2. The molecule has 154 valence electrons. The average Bonchev–Trinajstić information content (AvgIpc) is 3.07. The Labute approximate surface area is 169 Å². The fourth-order valence-corrected chi connectivity index (χ4v) is 6.01. The molecule has 2 bridgehead atoms. The molecule has 2 aliphatic heterocycles. The highest BCUT2D eigenvalue weighted by Crippen LogP contribution is 2.64. The number of ether oxygens (including phenoxy) is 3. The largest absolute Gasteiger partial charge is 0.485 e. The molecule has 0 aromatic heterocycles. The van der Waals surface area contributed by atoms with Gasteiger partial charge >= 0.3 is 5.97 Å². The summed E-state index contributed by atoms with van der Waals surface area (Å²) < 4.78 is 16.8. The van der Waals surface area contributed by atoms with Crippen molar-refractivity contribution in [1.82, 2.24) is 4.90 Å². The third-order valence-electron chi connectivity index (χ3n) is 7.39. The zero-order valence-electron chi connectivity index (χ0n) is 16.7. The number of nitrogens with zero attached hydrogens (tertiary/aromatic N) is 1. The van der Waals surface area contributed by atoms with E-state index in [0.717, 1.165) is 17.7 Å². The maximum Gasteiger partial charge on any atom is 0.336 e. The first-order valence-electron chi connectivity index (χ1n) is 10.0. The van der Waals surface area contributed by atoms with E-state index in [1.807, 2.05) is 19.2 Å². The second kappa shape index (κ2) is 6.06. The molecule has 0 amide bonds. The van der Waals surface area contributed by atoms with Crippen molar-refractivity contribution >= 4 is 11.8 Å². The highest BCUT2D eigenvalue weighted by molar-refractivity contribution is 5.90. The number of benzene rings is 1. The Morgan fingerprint density at radius 3 is 2.97 bits per heavy atom. The Bertz CT molecular complexity index is 941. The van der Waals surface area contributed by atoms with Gasteiger partial charge in [0.2, 0.25) is 0 Å². The predicted octanol–water partition coefficient (Wildman–Crippen LogP) is 1.15. The van der Waals surface area contributed by atoms with E-state index in [1.54, 1.807) is 0 Å². The minimum absolute atomic E-state index is 0.0342. The van der Waals surface area contributed by atoms with Gasteiger partial charge in [0.25, 0.3) is 0 Å². The van der Waals surface area contributed by atoms with Crippen LogP contribution >= 0.6 is 0 Å². The van der Waals surface area contributed by atoms with Crippen LogP contribution in [0, 0.1) is 0 Å². The second-order valence-electron chi connectivity index (χ2n) is 8.62. The van der Waals surface area contributed by atoms with Gasteiger partial charge in [0, 0.05) is 18.0 Å². The van der Waals surface area contributed by atoms with Crippen molar-refractivity contribution in [2.24, 2.45) is 0 Å². The maximum absolute atomic E-state index is 12.9. The Hall–Kier alpha value is -2.38. The minimum atomic E-state index is -1.01.